The van der Waals surface area contributed by atoms with E-state index in [2.05, 4.69) is 15.9 Å². The van der Waals surface area contributed by atoms with Crippen LogP contribution in [0.2, 0.25) is 0 Å². The van der Waals surface area contributed by atoms with Crippen LogP contribution in [0.25, 0.3) is 0 Å². The predicted octanol–water partition coefficient (Wildman–Crippen LogP) is 4.99. The summed E-state index contributed by atoms with van der Waals surface area (Å²) in [6, 6.07) is 11.3. The first kappa shape index (κ1) is 25.4. The monoisotopic (exact) mass is 585 g/mol. The molecule has 0 aromatic heterocycles. The van der Waals surface area contributed by atoms with E-state index in [-0.39, 0.29) is 41.3 Å². The number of allylic oxidation sites excluding steroid dienone is 6. The van der Waals surface area contributed by atoms with E-state index in [0.717, 1.165) is 5.57 Å². The molecule has 1 aliphatic heterocycles. The van der Waals surface area contributed by atoms with Crippen molar-refractivity contribution >= 4 is 50.8 Å². The Kier molecular flexibility index (Phi) is 5.91. The van der Waals surface area contributed by atoms with Gasteiger partial charge in [0.1, 0.15) is 5.75 Å². The summed E-state index contributed by atoms with van der Waals surface area (Å²) in [6.07, 6.45) is 3.72. The molecule has 3 aliphatic carbocycles. The third-order valence-electron chi connectivity index (χ3n) is 8.39. The molecule has 6 rings (SSSR count). The molecule has 8 heteroatoms. The zero-order valence-electron chi connectivity index (χ0n) is 21.2. The number of benzene rings is 2. The molecular weight excluding hydrogens is 562 g/mol. The highest BCUT2D eigenvalue weighted by molar-refractivity contribution is 9.10. The van der Waals surface area contributed by atoms with E-state index in [0.29, 0.717) is 44.4 Å². The fourth-order valence-corrected chi connectivity index (χ4v) is 6.97. The van der Waals surface area contributed by atoms with Crippen LogP contribution in [0.4, 0.5) is 5.69 Å². The minimum absolute atomic E-state index is 0.0220. The van der Waals surface area contributed by atoms with E-state index >= 15 is 0 Å². The van der Waals surface area contributed by atoms with Crippen molar-refractivity contribution in [1.29, 1.82) is 0 Å². The molecule has 0 bridgehead atoms. The highest BCUT2D eigenvalue weighted by Crippen LogP contribution is 2.56. The first-order valence-corrected chi connectivity index (χ1v) is 13.5. The zero-order valence-corrected chi connectivity index (χ0v) is 22.8. The lowest BCUT2D eigenvalue weighted by atomic mass is 9.59. The Morgan fingerprint density at radius 1 is 1.00 bits per heavy atom. The molecule has 2 amide bonds. The number of rotatable bonds is 3. The maximum absolute atomic E-state index is 13.9. The third-order valence-corrected chi connectivity index (χ3v) is 8.89. The fraction of sp³-hybridized carbons (Fsp3) is 0.258. The highest BCUT2D eigenvalue weighted by atomic mass is 79.9. The second-order valence-electron chi connectivity index (χ2n) is 10.5. The lowest BCUT2D eigenvalue weighted by Crippen LogP contribution is -2.39. The molecule has 1 N–H and O–H groups in total. The number of aromatic hydroxyl groups is 1. The van der Waals surface area contributed by atoms with Gasteiger partial charge >= 0.3 is 0 Å². The molecule has 0 radical (unpaired) electrons. The summed E-state index contributed by atoms with van der Waals surface area (Å²) < 4.78 is 0.697. The minimum Gasteiger partial charge on any atom is -0.508 e. The molecule has 2 aromatic carbocycles. The second kappa shape index (κ2) is 9.09. The van der Waals surface area contributed by atoms with Gasteiger partial charge < -0.3 is 5.11 Å². The van der Waals surface area contributed by atoms with Crippen LogP contribution in [0.1, 0.15) is 48.5 Å². The first-order chi connectivity index (χ1) is 18.6. The molecule has 39 heavy (non-hydrogen) atoms. The van der Waals surface area contributed by atoms with E-state index in [1.54, 1.807) is 43.3 Å². The summed E-state index contributed by atoms with van der Waals surface area (Å²) in [5, 5.41) is 10.9. The number of ketones is 3. The number of phenolic OH excluding ortho intramolecular Hbond substituents is 1. The predicted molar refractivity (Wildman–Crippen MR) is 146 cm³/mol. The van der Waals surface area contributed by atoms with Gasteiger partial charge in [-0.3, -0.25) is 28.9 Å². The first-order valence-electron chi connectivity index (χ1n) is 12.8. The number of phenols is 1. The fourth-order valence-electron chi connectivity index (χ4n) is 6.59. The quantitative estimate of drug-likeness (QED) is 0.235. The molecular formula is C31H24BrNO6. The second-order valence-corrected chi connectivity index (χ2v) is 11.5. The molecule has 4 aliphatic rings. The van der Waals surface area contributed by atoms with Crippen molar-refractivity contribution in [3.8, 4) is 5.75 Å². The number of nitrogens with zero attached hydrogens (tertiary/aromatic N) is 1. The third kappa shape index (κ3) is 3.80. The molecule has 4 atom stereocenters. The summed E-state index contributed by atoms with van der Waals surface area (Å²) >= 11 is 3.45. The minimum atomic E-state index is -0.718. The number of hydrogen-bond acceptors (Lipinski definition) is 6. The molecule has 0 unspecified atom stereocenters. The van der Waals surface area contributed by atoms with Crippen molar-refractivity contribution in [2.45, 2.75) is 32.6 Å². The Morgan fingerprint density at radius 3 is 2.41 bits per heavy atom. The largest absolute Gasteiger partial charge is 0.508 e. The summed E-state index contributed by atoms with van der Waals surface area (Å²) in [7, 11) is 0. The number of Topliss-reactive ketones (excluding diaryl/α,β-unsaturated/α-hetero) is 2. The average molecular weight is 586 g/mol. The van der Waals surface area contributed by atoms with E-state index in [4.69, 9.17) is 0 Å². The van der Waals surface area contributed by atoms with Crippen LogP contribution in [0.15, 0.2) is 81.4 Å². The van der Waals surface area contributed by atoms with Crippen molar-refractivity contribution in [3.05, 3.63) is 92.5 Å². The van der Waals surface area contributed by atoms with Gasteiger partial charge in [-0.1, -0.05) is 27.6 Å². The molecule has 196 valence electrons. The molecule has 7 nitrogen and oxygen atoms in total. The normalized spacial score (nSPS) is 26.2. The lowest BCUT2D eigenvalue weighted by Gasteiger charge is -2.42. The maximum atomic E-state index is 13.9. The van der Waals surface area contributed by atoms with Gasteiger partial charge in [-0.15, -0.1) is 0 Å². The van der Waals surface area contributed by atoms with E-state index in [1.807, 2.05) is 6.08 Å². The van der Waals surface area contributed by atoms with Crippen LogP contribution < -0.4 is 4.90 Å². The molecule has 2 aromatic rings. The summed E-state index contributed by atoms with van der Waals surface area (Å²) in [5.74, 6) is -3.89. The Balaban J connectivity index is 1.47. The highest BCUT2D eigenvalue weighted by Gasteiger charge is 2.56. The van der Waals surface area contributed by atoms with Crippen LogP contribution in [0, 0.1) is 17.8 Å². The van der Waals surface area contributed by atoms with Crippen LogP contribution in [0.5, 0.6) is 5.75 Å². The number of amides is 2. The van der Waals surface area contributed by atoms with Crippen molar-refractivity contribution in [2.24, 2.45) is 17.8 Å². The van der Waals surface area contributed by atoms with Gasteiger partial charge in [0.05, 0.1) is 17.5 Å². The smallest absolute Gasteiger partial charge is 0.238 e. The molecule has 1 saturated heterocycles. The average Bonchev–Trinajstić information content (AvgIpc) is 3.17. The Morgan fingerprint density at radius 2 is 1.72 bits per heavy atom. The van der Waals surface area contributed by atoms with E-state index in [1.165, 1.54) is 24.0 Å². The van der Waals surface area contributed by atoms with E-state index in [9.17, 15) is 29.1 Å². The van der Waals surface area contributed by atoms with Crippen molar-refractivity contribution in [1.82, 2.24) is 0 Å². The summed E-state index contributed by atoms with van der Waals surface area (Å²) in [4.78, 5) is 67.1. The molecule has 1 heterocycles. The van der Waals surface area contributed by atoms with Crippen molar-refractivity contribution < 1.29 is 29.1 Å². The number of carbonyl (C=O) groups excluding carboxylic acids is 5. The van der Waals surface area contributed by atoms with Gasteiger partial charge in [0.2, 0.25) is 11.8 Å². The summed E-state index contributed by atoms with van der Waals surface area (Å²) in [5.41, 5.74) is 3.11. The van der Waals surface area contributed by atoms with Crippen LogP contribution in [-0.2, 0) is 19.2 Å². The number of imide groups is 1. The van der Waals surface area contributed by atoms with E-state index < -0.39 is 23.7 Å². The lowest BCUT2D eigenvalue weighted by molar-refractivity contribution is -0.123. The SMILES string of the molecule is CC(=O)c1ccc(N2C(=O)[C@H]3[C@H](CC=C4[C@H](c5cc(Br)ccc5O)C5=C(C[C@H]43)C(=O)C(C)=CC5=O)C2=O)cc1. The Hall–Kier alpha value is -3.91. The number of hydrogen-bond donors (Lipinski definition) is 1. The number of fused-ring (bicyclic) bond motifs is 3. The Bertz CT molecular complexity index is 1610. The molecule has 0 spiro atoms. The standard InChI is InChI=1S/C31H24BrNO6/c1-14-11-25(36)28-23(29(14)37)13-21-19(26(28)22-12-17(32)5-10-24(22)35)8-9-20-27(21)31(39)33(30(20)38)18-6-3-16(4-7-18)15(2)34/h3-8,10-12,20-21,26-27,35H,9,13H2,1-2H3/t20-,21+,26+,27-/m0/s1. The van der Waals surface area contributed by atoms with Gasteiger partial charge in [-0.2, -0.15) is 0 Å². The summed E-state index contributed by atoms with van der Waals surface area (Å²) in [6.45, 7) is 3.05. The maximum Gasteiger partial charge on any atom is 0.238 e. The van der Waals surface area contributed by atoms with Gasteiger partial charge in [0.25, 0.3) is 0 Å². The zero-order chi connectivity index (χ0) is 27.7. The van der Waals surface area contributed by atoms with Crippen LogP contribution >= 0.6 is 15.9 Å². The van der Waals surface area contributed by atoms with Crippen LogP contribution in [-0.4, -0.2) is 34.3 Å². The van der Waals surface area contributed by atoms with Crippen molar-refractivity contribution in [2.75, 3.05) is 4.90 Å². The number of halogens is 1. The molecule has 0 saturated carbocycles. The van der Waals surface area contributed by atoms with Crippen molar-refractivity contribution in [3.63, 3.8) is 0 Å². The van der Waals surface area contributed by atoms with Gasteiger partial charge in [0, 0.05) is 38.2 Å². The van der Waals surface area contributed by atoms with Crippen LogP contribution in [0.3, 0.4) is 0 Å². The number of carbonyl (C=O) groups is 5. The Labute approximate surface area is 233 Å². The topological polar surface area (TPSA) is 109 Å². The van der Waals surface area contributed by atoms with Gasteiger partial charge in [0.15, 0.2) is 17.3 Å². The van der Waals surface area contributed by atoms with Gasteiger partial charge in [-0.25, -0.2) is 0 Å². The number of anilines is 1. The van der Waals surface area contributed by atoms with Gasteiger partial charge in [-0.05, 0) is 81.1 Å². The molecule has 1 fully saturated rings.